The van der Waals surface area contributed by atoms with E-state index in [1.807, 2.05) is 6.07 Å². The minimum absolute atomic E-state index is 0.00556. The molecular weight excluding hydrogens is 246 g/mol. The van der Waals surface area contributed by atoms with E-state index in [0.29, 0.717) is 16.9 Å². The topological polar surface area (TPSA) is 90.6 Å². The highest BCUT2D eigenvalue weighted by Crippen LogP contribution is 2.47. The van der Waals surface area contributed by atoms with Gasteiger partial charge in [-0.05, 0) is 30.4 Å². The molecule has 1 aromatic carbocycles. The molecule has 1 aliphatic carbocycles. The number of rotatable bonds is 5. The quantitative estimate of drug-likeness (QED) is 0.848. The van der Waals surface area contributed by atoms with Crippen LogP contribution < -0.4 is 4.74 Å². The van der Waals surface area contributed by atoms with Gasteiger partial charge in [-0.3, -0.25) is 4.79 Å². The molecule has 1 aromatic rings. The predicted octanol–water partition coefficient (Wildman–Crippen LogP) is 2.24. The lowest BCUT2D eigenvalue weighted by Gasteiger charge is -2.17. The van der Waals surface area contributed by atoms with Crippen molar-refractivity contribution in [2.75, 3.05) is 7.11 Å². The molecule has 1 aliphatic rings. The number of nitriles is 1. The lowest BCUT2D eigenvalue weighted by molar-refractivity contribution is -0.137. The van der Waals surface area contributed by atoms with Crippen molar-refractivity contribution in [3.05, 3.63) is 23.3 Å². The molecule has 0 spiro atoms. The Balaban J connectivity index is 2.42. The van der Waals surface area contributed by atoms with E-state index in [1.165, 1.54) is 13.2 Å². The minimum atomic E-state index is -0.898. The van der Waals surface area contributed by atoms with E-state index >= 15 is 0 Å². The van der Waals surface area contributed by atoms with Crippen molar-refractivity contribution >= 4 is 5.97 Å². The largest absolute Gasteiger partial charge is 0.508 e. The number of carboxylic acid groups (broad SMARTS) is 1. The smallest absolute Gasteiger partial charge is 0.303 e. The number of phenols is 1. The molecule has 100 valence electrons. The van der Waals surface area contributed by atoms with E-state index < -0.39 is 5.97 Å². The van der Waals surface area contributed by atoms with Gasteiger partial charge in [0.15, 0.2) is 0 Å². The zero-order chi connectivity index (χ0) is 14.0. The highest BCUT2D eigenvalue weighted by atomic mass is 16.5. The van der Waals surface area contributed by atoms with Crippen molar-refractivity contribution in [2.45, 2.75) is 25.2 Å². The van der Waals surface area contributed by atoms with Crippen LogP contribution in [0.3, 0.4) is 0 Å². The number of carboxylic acids is 1. The zero-order valence-electron chi connectivity index (χ0n) is 10.6. The molecule has 0 heterocycles. The minimum Gasteiger partial charge on any atom is -0.508 e. The second-order valence-electron chi connectivity index (χ2n) is 4.76. The summed E-state index contributed by atoms with van der Waals surface area (Å²) in [5.41, 5.74) is 0.841. The molecule has 0 aromatic heterocycles. The number of aliphatic carboxylic acids is 1. The first-order chi connectivity index (χ1) is 9.06. The molecule has 2 rings (SSSR count). The maximum atomic E-state index is 10.9. The first kappa shape index (κ1) is 13.2. The number of nitrogens with zero attached hydrogens (tertiary/aromatic N) is 1. The molecule has 1 unspecified atom stereocenters. The number of aromatic hydroxyl groups is 1. The fourth-order valence-corrected chi connectivity index (χ4v) is 2.36. The third kappa shape index (κ3) is 2.79. The van der Waals surface area contributed by atoms with Crippen molar-refractivity contribution < 1.29 is 19.7 Å². The van der Waals surface area contributed by atoms with Crippen molar-refractivity contribution in [1.29, 1.82) is 5.26 Å². The number of hydrogen-bond acceptors (Lipinski definition) is 4. The Bertz CT molecular complexity index is 543. The molecule has 0 saturated heterocycles. The second kappa shape index (κ2) is 5.19. The van der Waals surface area contributed by atoms with Gasteiger partial charge in [0.05, 0.1) is 19.1 Å². The normalized spacial score (nSPS) is 15.6. The zero-order valence-corrected chi connectivity index (χ0v) is 10.6. The van der Waals surface area contributed by atoms with E-state index in [-0.39, 0.29) is 24.0 Å². The van der Waals surface area contributed by atoms with Gasteiger partial charge in [0, 0.05) is 12.0 Å². The van der Waals surface area contributed by atoms with Crippen LogP contribution in [0.25, 0.3) is 0 Å². The van der Waals surface area contributed by atoms with Gasteiger partial charge in [0.2, 0.25) is 0 Å². The van der Waals surface area contributed by atoms with E-state index in [4.69, 9.17) is 15.1 Å². The fraction of sp³-hybridized carbons (Fsp3) is 0.429. The number of phenolic OH excluding ortho intramolecular Hbond substituents is 1. The summed E-state index contributed by atoms with van der Waals surface area (Å²) in [6.07, 6.45) is 1.89. The molecule has 5 nitrogen and oxygen atoms in total. The van der Waals surface area contributed by atoms with Gasteiger partial charge in [-0.2, -0.15) is 5.26 Å². The molecule has 0 radical (unpaired) electrons. The summed E-state index contributed by atoms with van der Waals surface area (Å²) < 4.78 is 5.01. The van der Waals surface area contributed by atoms with E-state index in [0.717, 1.165) is 12.8 Å². The van der Waals surface area contributed by atoms with Gasteiger partial charge in [-0.15, -0.1) is 0 Å². The van der Waals surface area contributed by atoms with Crippen LogP contribution in [0.1, 0.15) is 36.3 Å². The molecule has 19 heavy (non-hydrogen) atoms. The highest BCUT2D eigenvalue weighted by molar-refractivity contribution is 5.69. The summed E-state index contributed by atoms with van der Waals surface area (Å²) in [4.78, 5) is 10.9. The van der Waals surface area contributed by atoms with E-state index in [9.17, 15) is 9.90 Å². The average molecular weight is 261 g/mol. The number of hydrogen-bond donors (Lipinski definition) is 2. The Morgan fingerprint density at radius 2 is 2.26 bits per heavy atom. The number of benzene rings is 1. The van der Waals surface area contributed by atoms with Gasteiger partial charge in [-0.1, -0.05) is 0 Å². The van der Waals surface area contributed by atoms with Crippen LogP contribution in [-0.2, 0) is 4.79 Å². The fourth-order valence-electron chi connectivity index (χ4n) is 2.36. The van der Waals surface area contributed by atoms with Crippen LogP contribution in [0.15, 0.2) is 12.1 Å². The van der Waals surface area contributed by atoms with E-state index in [1.54, 1.807) is 6.07 Å². The Morgan fingerprint density at radius 3 is 2.74 bits per heavy atom. The lowest BCUT2D eigenvalue weighted by atomic mass is 9.89. The number of carbonyl (C=O) groups is 1. The molecule has 0 bridgehead atoms. The van der Waals surface area contributed by atoms with Crippen LogP contribution in [0, 0.1) is 17.2 Å². The molecular formula is C14H15NO4. The summed E-state index contributed by atoms with van der Waals surface area (Å²) in [5, 5.41) is 28.0. The van der Waals surface area contributed by atoms with Crippen LogP contribution in [0.2, 0.25) is 0 Å². The standard InChI is InChI=1S/C14H15NO4/c1-19-13-6-12(16)11(4-9(13)7-15)10(5-14(17)18)8-2-3-8/h4,6,8,10,16H,2-3,5H2,1H3,(H,17,18). The first-order valence-corrected chi connectivity index (χ1v) is 6.09. The van der Waals surface area contributed by atoms with Crippen LogP contribution in [0.5, 0.6) is 11.5 Å². The molecule has 0 aliphatic heterocycles. The number of methoxy groups -OCH3 is 1. The second-order valence-corrected chi connectivity index (χ2v) is 4.76. The van der Waals surface area contributed by atoms with Gasteiger partial charge in [-0.25, -0.2) is 0 Å². The molecule has 5 heteroatoms. The van der Waals surface area contributed by atoms with Crippen LogP contribution in [-0.4, -0.2) is 23.3 Å². The monoisotopic (exact) mass is 261 g/mol. The Kier molecular flexibility index (Phi) is 3.61. The maximum Gasteiger partial charge on any atom is 0.303 e. The van der Waals surface area contributed by atoms with Gasteiger partial charge < -0.3 is 14.9 Å². The first-order valence-electron chi connectivity index (χ1n) is 6.09. The maximum absolute atomic E-state index is 10.9. The summed E-state index contributed by atoms with van der Waals surface area (Å²) >= 11 is 0. The Hall–Kier alpha value is -2.22. The average Bonchev–Trinajstić information content (AvgIpc) is 3.20. The van der Waals surface area contributed by atoms with Gasteiger partial charge in [0.1, 0.15) is 17.6 Å². The van der Waals surface area contributed by atoms with Gasteiger partial charge >= 0.3 is 5.97 Å². The lowest BCUT2D eigenvalue weighted by Crippen LogP contribution is -2.09. The third-order valence-corrected chi connectivity index (χ3v) is 3.45. The van der Waals surface area contributed by atoms with Crippen molar-refractivity contribution in [3.8, 4) is 17.6 Å². The highest BCUT2D eigenvalue weighted by Gasteiger charge is 2.35. The summed E-state index contributed by atoms with van der Waals surface area (Å²) in [7, 11) is 1.42. The summed E-state index contributed by atoms with van der Waals surface area (Å²) in [5.74, 6) is -0.564. The number of ether oxygens (including phenoxy) is 1. The van der Waals surface area contributed by atoms with Crippen molar-refractivity contribution in [3.63, 3.8) is 0 Å². The predicted molar refractivity (Wildman–Crippen MR) is 67.1 cm³/mol. The Morgan fingerprint density at radius 1 is 1.58 bits per heavy atom. The van der Waals surface area contributed by atoms with Crippen molar-refractivity contribution in [1.82, 2.24) is 0 Å². The molecule has 1 atom stereocenters. The molecule has 0 amide bonds. The third-order valence-electron chi connectivity index (χ3n) is 3.45. The Labute approximate surface area is 111 Å². The van der Waals surface area contributed by atoms with Crippen LogP contribution >= 0.6 is 0 Å². The van der Waals surface area contributed by atoms with Gasteiger partial charge in [0.25, 0.3) is 0 Å². The molecule has 1 fully saturated rings. The van der Waals surface area contributed by atoms with Crippen LogP contribution in [0.4, 0.5) is 0 Å². The molecule has 2 N–H and O–H groups in total. The summed E-state index contributed by atoms with van der Waals surface area (Å²) in [6.45, 7) is 0. The SMILES string of the molecule is COc1cc(O)c(C(CC(=O)O)C2CC2)cc1C#N. The van der Waals surface area contributed by atoms with E-state index in [2.05, 4.69) is 0 Å². The summed E-state index contributed by atoms with van der Waals surface area (Å²) in [6, 6.07) is 4.92. The molecule has 1 saturated carbocycles. The van der Waals surface area contributed by atoms with Crippen molar-refractivity contribution in [2.24, 2.45) is 5.92 Å².